The van der Waals surface area contributed by atoms with E-state index in [0.717, 1.165) is 6.26 Å². The number of nitrogens with one attached hydrogen (secondary N) is 1. The second kappa shape index (κ2) is 4.89. The average Bonchev–Trinajstić information content (AvgIpc) is 2.44. The van der Waals surface area contributed by atoms with Crippen LogP contribution in [0.3, 0.4) is 0 Å². The number of phenolic OH excluding ortho intramolecular Hbond substituents is 1. The molecule has 2 N–H and O–H groups in total. The fourth-order valence-corrected chi connectivity index (χ4v) is 2.57. The van der Waals surface area contributed by atoms with Gasteiger partial charge in [0.05, 0.1) is 23.1 Å². The zero-order valence-electron chi connectivity index (χ0n) is 12.8. The predicted octanol–water partition coefficient (Wildman–Crippen LogP) is 1.06. The van der Waals surface area contributed by atoms with Crippen molar-refractivity contribution in [3.05, 3.63) is 18.2 Å². The summed E-state index contributed by atoms with van der Waals surface area (Å²) in [7, 11) is -4.09. The van der Waals surface area contributed by atoms with Gasteiger partial charge in [-0.25, -0.2) is 8.42 Å². The third-order valence-corrected chi connectivity index (χ3v) is 4.38. The lowest BCUT2D eigenvalue weighted by Crippen LogP contribution is -2.41. The highest BCUT2D eigenvalue weighted by atomic mass is 32.2. The Morgan fingerprint density at radius 1 is 1.10 bits per heavy atom. The van der Waals surface area contributed by atoms with Gasteiger partial charge in [0.2, 0.25) is 10.0 Å². The van der Waals surface area contributed by atoms with Crippen molar-refractivity contribution in [2.45, 2.75) is 38.9 Å². The van der Waals surface area contributed by atoms with Crippen LogP contribution in [0, 0.1) is 0 Å². The Bertz CT molecular complexity index is 641. The van der Waals surface area contributed by atoms with E-state index >= 15 is 0 Å². The average molecular weight is 313 g/mol. The van der Waals surface area contributed by atoms with Crippen molar-refractivity contribution in [2.24, 2.45) is 0 Å². The highest BCUT2D eigenvalue weighted by Crippen LogP contribution is 2.36. The number of hydrogen-bond acceptors (Lipinski definition) is 5. The van der Waals surface area contributed by atoms with E-state index in [-0.39, 0.29) is 11.4 Å². The summed E-state index contributed by atoms with van der Waals surface area (Å²) in [6, 6.07) is 4.41. The van der Waals surface area contributed by atoms with Crippen LogP contribution in [0.5, 0.6) is 5.75 Å². The lowest BCUT2D eigenvalue weighted by Gasteiger charge is -2.32. The lowest BCUT2D eigenvalue weighted by atomic mass is 9.79. The highest BCUT2D eigenvalue weighted by Gasteiger charge is 2.51. The van der Waals surface area contributed by atoms with Gasteiger partial charge in [0, 0.05) is 6.07 Å². The number of rotatable bonds is 3. The second-order valence-electron chi connectivity index (χ2n) is 6.28. The molecule has 0 unspecified atom stereocenters. The molecule has 0 aliphatic carbocycles. The summed E-state index contributed by atoms with van der Waals surface area (Å²) in [4.78, 5) is 0. The minimum Gasteiger partial charge on any atom is -0.508 e. The van der Waals surface area contributed by atoms with Crippen molar-refractivity contribution in [2.75, 3.05) is 11.0 Å². The van der Waals surface area contributed by atoms with Crippen LogP contribution in [-0.2, 0) is 19.3 Å². The predicted molar refractivity (Wildman–Crippen MR) is 82.3 cm³/mol. The van der Waals surface area contributed by atoms with E-state index < -0.39 is 28.3 Å². The molecule has 1 fully saturated rings. The Balaban J connectivity index is 2.34. The van der Waals surface area contributed by atoms with Gasteiger partial charge in [0.25, 0.3) is 0 Å². The Morgan fingerprint density at radius 3 is 2.10 bits per heavy atom. The van der Waals surface area contributed by atoms with Gasteiger partial charge >= 0.3 is 7.12 Å². The molecule has 21 heavy (non-hydrogen) atoms. The summed E-state index contributed by atoms with van der Waals surface area (Å²) < 4.78 is 36.7. The van der Waals surface area contributed by atoms with Crippen LogP contribution in [0.2, 0.25) is 0 Å². The first-order valence-corrected chi connectivity index (χ1v) is 8.46. The summed E-state index contributed by atoms with van der Waals surface area (Å²) >= 11 is 0. The second-order valence-corrected chi connectivity index (χ2v) is 8.02. The SMILES string of the molecule is CC1(C)OB(c2cc(O)cc(NS(C)(=O)=O)c2)OC1(C)C. The van der Waals surface area contributed by atoms with Gasteiger partial charge in [-0.05, 0) is 45.3 Å². The summed E-state index contributed by atoms with van der Waals surface area (Å²) in [5.41, 5.74) is -0.191. The van der Waals surface area contributed by atoms with Crippen molar-refractivity contribution < 1.29 is 22.8 Å². The molecule has 2 rings (SSSR count). The maximum atomic E-state index is 11.3. The maximum Gasteiger partial charge on any atom is 0.495 e. The standard InChI is InChI=1S/C13H20BNO5S/c1-12(2)13(3,4)20-14(19-12)9-6-10(8-11(16)7-9)15-21(5,17)18/h6-8,15-16H,1-5H3. The van der Waals surface area contributed by atoms with E-state index in [9.17, 15) is 13.5 Å². The monoisotopic (exact) mass is 313 g/mol. The third-order valence-electron chi connectivity index (χ3n) is 3.77. The van der Waals surface area contributed by atoms with E-state index in [2.05, 4.69) is 4.72 Å². The van der Waals surface area contributed by atoms with Crippen molar-refractivity contribution >= 4 is 28.3 Å². The Kier molecular flexibility index (Phi) is 3.76. The van der Waals surface area contributed by atoms with E-state index in [4.69, 9.17) is 9.31 Å². The fourth-order valence-electron chi connectivity index (χ4n) is 2.02. The normalized spacial score (nSPS) is 20.5. The molecule has 1 aromatic rings. The van der Waals surface area contributed by atoms with Gasteiger partial charge < -0.3 is 14.4 Å². The molecule has 6 nitrogen and oxygen atoms in total. The molecule has 1 heterocycles. The Hall–Kier alpha value is -1.25. The van der Waals surface area contributed by atoms with Gasteiger partial charge in [-0.1, -0.05) is 0 Å². The number of anilines is 1. The van der Waals surface area contributed by atoms with Crippen LogP contribution in [0.25, 0.3) is 0 Å². The first kappa shape index (κ1) is 16.1. The van der Waals surface area contributed by atoms with E-state index in [0.29, 0.717) is 5.46 Å². The molecule has 0 atom stereocenters. The highest BCUT2D eigenvalue weighted by molar-refractivity contribution is 7.92. The minimum atomic E-state index is -3.42. The van der Waals surface area contributed by atoms with Crippen molar-refractivity contribution in [1.82, 2.24) is 0 Å². The van der Waals surface area contributed by atoms with Crippen LogP contribution in [-0.4, -0.2) is 38.1 Å². The molecule has 0 saturated carbocycles. The van der Waals surface area contributed by atoms with Crippen LogP contribution < -0.4 is 10.2 Å². The number of sulfonamides is 1. The van der Waals surface area contributed by atoms with Crippen LogP contribution in [0.15, 0.2) is 18.2 Å². The zero-order chi connectivity index (χ0) is 16.1. The number of hydrogen-bond donors (Lipinski definition) is 2. The Labute approximate surface area is 125 Å². The molecule has 1 aliphatic heterocycles. The first-order valence-electron chi connectivity index (χ1n) is 6.57. The smallest absolute Gasteiger partial charge is 0.495 e. The quantitative estimate of drug-likeness (QED) is 0.815. The van der Waals surface area contributed by atoms with Gasteiger partial charge in [0.15, 0.2) is 0 Å². The lowest BCUT2D eigenvalue weighted by molar-refractivity contribution is 0.00578. The molecule has 0 bridgehead atoms. The molecule has 0 spiro atoms. The van der Waals surface area contributed by atoms with Crippen LogP contribution in [0.4, 0.5) is 5.69 Å². The molecular formula is C13H20BNO5S. The molecule has 0 radical (unpaired) electrons. The van der Waals surface area contributed by atoms with Gasteiger partial charge in [-0.15, -0.1) is 0 Å². The van der Waals surface area contributed by atoms with Gasteiger partial charge in [0.1, 0.15) is 5.75 Å². The number of phenols is 1. The molecular weight excluding hydrogens is 293 g/mol. The molecule has 1 saturated heterocycles. The summed E-state index contributed by atoms with van der Waals surface area (Å²) in [6.07, 6.45) is 1.05. The molecule has 0 aromatic heterocycles. The summed E-state index contributed by atoms with van der Waals surface area (Å²) in [5, 5.41) is 9.77. The molecule has 8 heteroatoms. The van der Waals surface area contributed by atoms with Crippen molar-refractivity contribution in [3.63, 3.8) is 0 Å². The minimum absolute atomic E-state index is 0.0617. The largest absolute Gasteiger partial charge is 0.508 e. The zero-order valence-corrected chi connectivity index (χ0v) is 13.6. The third kappa shape index (κ3) is 3.51. The number of aromatic hydroxyl groups is 1. The van der Waals surface area contributed by atoms with E-state index in [1.807, 2.05) is 27.7 Å². The topological polar surface area (TPSA) is 84.9 Å². The van der Waals surface area contributed by atoms with E-state index in [1.54, 1.807) is 6.07 Å². The Morgan fingerprint density at radius 2 is 1.62 bits per heavy atom. The van der Waals surface area contributed by atoms with E-state index in [1.165, 1.54) is 12.1 Å². The molecule has 1 aromatic carbocycles. The summed E-state index contributed by atoms with van der Waals surface area (Å²) in [5.74, 6) is -0.0617. The van der Waals surface area contributed by atoms with Crippen LogP contribution >= 0.6 is 0 Å². The molecule has 0 amide bonds. The van der Waals surface area contributed by atoms with Crippen molar-refractivity contribution in [3.8, 4) is 5.75 Å². The van der Waals surface area contributed by atoms with Gasteiger partial charge in [-0.2, -0.15) is 0 Å². The van der Waals surface area contributed by atoms with Crippen LogP contribution in [0.1, 0.15) is 27.7 Å². The molecule has 1 aliphatic rings. The maximum absolute atomic E-state index is 11.3. The number of benzene rings is 1. The fraction of sp³-hybridized carbons (Fsp3) is 0.538. The van der Waals surface area contributed by atoms with Crippen molar-refractivity contribution in [1.29, 1.82) is 0 Å². The summed E-state index contributed by atoms with van der Waals surface area (Å²) in [6.45, 7) is 7.69. The first-order chi connectivity index (χ1) is 9.40. The molecule has 116 valence electrons. The van der Waals surface area contributed by atoms with Gasteiger partial charge in [-0.3, -0.25) is 4.72 Å².